The normalized spacial score (nSPS) is 14.5. The van der Waals surface area contributed by atoms with Gasteiger partial charge in [0.05, 0.1) is 10.6 Å². The van der Waals surface area contributed by atoms with E-state index in [0.29, 0.717) is 11.6 Å². The average molecular weight is 456 g/mol. The van der Waals surface area contributed by atoms with Crippen molar-refractivity contribution in [2.24, 2.45) is 5.92 Å². The molecule has 1 aliphatic heterocycles. The second-order valence-corrected chi connectivity index (χ2v) is 9.97. The van der Waals surface area contributed by atoms with Crippen molar-refractivity contribution in [2.45, 2.75) is 33.1 Å². The molecular weight excluding hydrogens is 426 g/mol. The molecule has 1 amide bonds. The molecule has 2 aromatic carbocycles. The lowest BCUT2D eigenvalue weighted by Gasteiger charge is -2.32. The van der Waals surface area contributed by atoms with Crippen LogP contribution in [0.2, 0.25) is 0 Å². The number of amides is 1. The number of rotatable bonds is 5. The third-order valence-corrected chi connectivity index (χ3v) is 7.44. The molecule has 0 N–H and O–H groups in total. The topological polar surface area (TPSA) is 38.1 Å². The predicted molar refractivity (Wildman–Crippen MR) is 135 cm³/mol. The summed E-state index contributed by atoms with van der Waals surface area (Å²) in [5, 5.41) is 6.93. The first-order valence-electron chi connectivity index (χ1n) is 11.6. The summed E-state index contributed by atoms with van der Waals surface area (Å²) in [7, 11) is 0. The van der Waals surface area contributed by atoms with Crippen molar-refractivity contribution < 1.29 is 4.79 Å². The van der Waals surface area contributed by atoms with Crippen LogP contribution < -0.4 is 0 Å². The van der Waals surface area contributed by atoms with E-state index in [1.165, 1.54) is 11.1 Å². The third kappa shape index (κ3) is 4.64. The van der Waals surface area contributed by atoms with Crippen LogP contribution in [0.1, 0.15) is 40.0 Å². The lowest BCUT2D eigenvalue weighted by Crippen LogP contribution is -2.39. The molecule has 0 radical (unpaired) electrons. The van der Waals surface area contributed by atoms with Gasteiger partial charge in [-0.2, -0.15) is 5.10 Å². The smallest absolute Gasteiger partial charge is 0.272 e. The summed E-state index contributed by atoms with van der Waals surface area (Å²) < 4.78 is 1.85. The molecular formula is C28H29N3OS. The molecule has 3 heterocycles. The van der Waals surface area contributed by atoms with E-state index in [-0.39, 0.29) is 5.91 Å². The zero-order valence-corrected chi connectivity index (χ0v) is 20.0. The standard InChI is InChI=1S/C28H29N3OS/c1-20-10-11-25(21(2)17-20)31-26(19-24(29-31)27-9-6-16-33-27)28(32)30-14-12-23(13-15-30)18-22-7-4-3-5-8-22/h3-11,16-17,19,23H,12-15,18H2,1-2H3. The van der Waals surface area contributed by atoms with Crippen molar-refractivity contribution in [2.75, 3.05) is 13.1 Å². The second kappa shape index (κ2) is 9.36. The van der Waals surface area contributed by atoms with E-state index in [1.54, 1.807) is 11.3 Å². The summed E-state index contributed by atoms with van der Waals surface area (Å²) in [5.74, 6) is 0.700. The minimum Gasteiger partial charge on any atom is -0.337 e. The van der Waals surface area contributed by atoms with Crippen LogP contribution >= 0.6 is 11.3 Å². The van der Waals surface area contributed by atoms with E-state index in [0.717, 1.165) is 54.2 Å². The molecule has 4 aromatic rings. The van der Waals surface area contributed by atoms with Gasteiger partial charge < -0.3 is 4.90 Å². The van der Waals surface area contributed by atoms with E-state index in [2.05, 4.69) is 68.4 Å². The number of aryl methyl sites for hydroxylation is 2. The molecule has 33 heavy (non-hydrogen) atoms. The maximum atomic E-state index is 13.7. The van der Waals surface area contributed by atoms with Crippen molar-refractivity contribution in [3.63, 3.8) is 0 Å². The number of piperidine rings is 1. The number of likely N-dealkylation sites (tertiary alicyclic amines) is 1. The highest BCUT2D eigenvalue weighted by Crippen LogP contribution is 2.29. The summed E-state index contributed by atoms with van der Waals surface area (Å²) in [6.07, 6.45) is 3.16. The fourth-order valence-electron chi connectivity index (χ4n) is 4.75. The van der Waals surface area contributed by atoms with Gasteiger partial charge in [0.25, 0.3) is 5.91 Å². The number of benzene rings is 2. The van der Waals surface area contributed by atoms with Gasteiger partial charge in [0.1, 0.15) is 11.4 Å². The molecule has 0 spiro atoms. The highest BCUT2D eigenvalue weighted by molar-refractivity contribution is 7.13. The summed E-state index contributed by atoms with van der Waals surface area (Å²) in [5.41, 5.74) is 6.17. The Bertz CT molecular complexity index is 1240. The molecule has 1 saturated heterocycles. The highest BCUT2D eigenvalue weighted by Gasteiger charge is 2.27. The molecule has 1 fully saturated rings. The van der Waals surface area contributed by atoms with Crippen LogP contribution in [0.25, 0.3) is 16.3 Å². The predicted octanol–water partition coefficient (Wildman–Crippen LogP) is 6.31. The maximum absolute atomic E-state index is 13.7. The Kier molecular flexibility index (Phi) is 6.14. The molecule has 4 nitrogen and oxygen atoms in total. The largest absolute Gasteiger partial charge is 0.337 e. The van der Waals surface area contributed by atoms with Gasteiger partial charge >= 0.3 is 0 Å². The second-order valence-electron chi connectivity index (χ2n) is 9.02. The van der Waals surface area contributed by atoms with E-state index < -0.39 is 0 Å². The Balaban J connectivity index is 1.39. The molecule has 168 valence electrons. The fourth-order valence-corrected chi connectivity index (χ4v) is 5.44. The number of aromatic nitrogens is 2. The van der Waals surface area contributed by atoms with E-state index >= 15 is 0 Å². The zero-order valence-electron chi connectivity index (χ0n) is 19.2. The molecule has 0 aliphatic carbocycles. The van der Waals surface area contributed by atoms with Gasteiger partial charge in [-0.05, 0) is 73.7 Å². The van der Waals surface area contributed by atoms with E-state index in [1.807, 2.05) is 27.1 Å². The summed E-state index contributed by atoms with van der Waals surface area (Å²) in [4.78, 5) is 16.8. The quantitative estimate of drug-likeness (QED) is 0.353. The van der Waals surface area contributed by atoms with Crippen molar-refractivity contribution in [1.29, 1.82) is 0 Å². The fraction of sp³-hybridized carbons (Fsp3) is 0.286. The molecule has 0 saturated carbocycles. The zero-order chi connectivity index (χ0) is 22.8. The van der Waals surface area contributed by atoms with Gasteiger partial charge in [0, 0.05) is 13.1 Å². The third-order valence-electron chi connectivity index (χ3n) is 6.55. The van der Waals surface area contributed by atoms with Gasteiger partial charge in [-0.1, -0.05) is 54.1 Å². The van der Waals surface area contributed by atoms with Gasteiger partial charge in [-0.15, -0.1) is 11.3 Å². The Labute approximate surface area is 199 Å². The Morgan fingerprint density at radius 1 is 1.00 bits per heavy atom. The molecule has 5 rings (SSSR count). The van der Waals surface area contributed by atoms with Crippen molar-refractivity contribution in [3.05, 3.63) is 94.5 Å². The molecule has 0 atom stereocenters. The van der Waals surface area contributed by atoms with E-state index in [4.69, 9.17) is 5.10 Å². The van der Waals surface area contributed by atoms with Gasteiger partial charge in [0.2, 0.25) is 0 Å². The van der Waals surface area contributed by atoms with Gasteiger partial charge in [0.15, 0.2) is 0 Å². The molecule has 0 bridgehead atoms. The molecule has 1 aliphatic rings. The van der Waals surface area contributed by atoms with Crippen molar-refractivity contribution in [1.82, 2.24) is 14.7 Å². The summed E-state index contributed by atoms with van der Waals surface area (Å²) in [6.45, 7) is 5.76. The number of carbonyl (C=O) groups is 1. The molecule has 5 heteroatoms. The van der Waals surface area contributed by atoms with Crippen molar-refractivity contribution in [3.8, 4) is 16.3 Å². The lowest BCUT2D eigenvalue weighted by molar-refractivity contribution is 0.0681. The minimum absolute atomic E-state index is 0.0726. The van der Waals surface area contributed by atoms with Crippen LogP contribution in [0.15, 0.2) is 72.1 Å². The van der Waals surface area contributed by atoms with E-state index in [9.17, 15) is 4.79 Å². The van der Waals surface area contributed by atoms with Crippen LogP contribution in [0.5, 0.6) is 0 Å². The maximum Gasteiger partial charge on any atom is 0.272 e. The highest BCUT2D eigenvalue weighted by atomic mass is 32.1. The monoisotopic (exact) mass is 455 g/mol. The number of nitrogens with zero attached hydrogens (tertiary/aromatic N) is 3. The minimum atomic E-state index is 0.0726. The van der Waals surface area contributed by atoms with Crippen LogP contribution in [0, 0.1) is 19.8 Å². The lowest BCUT2D eigenvalue weighted by atomic mass is 9.90. The SMILES string of the molecule is Cc1ccc(-n2nc(-c3cccs3)cc2C(=O)N2CCC(Cc3ccccc3)CC2)c(C)c1. The Hall–Kier alpha value is -3.18. The van der Waals surface area contributed by atoms with Crippen LogP contribution in [-0.2, 0) is 6.42 Å². The molecule has 0 unspecified atom stereocenters. The van der Waals surface area contributed by atoms with Crippen LogP contribution in [0.3, 0.4) is 0 Å². The number of thiophene rings is 1. The van der Waals surface area contributed by atoms with Gasteiger partial charge in [-0.3, -0.25) is 4.79 Å². The summed E-state index contributed by atoms with van der Waals surface area (Å²) in [6, 6.07) is 23.0. The Morgan fingerprint density at radius 3 is 2.48 bits per heavy atom. The van der Waals surface area contributed by atoms with Crippen molar-refractivity contribution >= 4 is 17.2 Å². The number of carbonyl (C=O) groups excluding carboxylic acids is 1. The first-order valence-corrected chi connectivity index (χ1v) is 12.5. The Morgan fingerprint density at radius 2 is 1.79 bits per heavy atom. The first kappa shape index (κ1) is 21.7. The first-order chi connectivity index (χ1) is 16.1. The number of hydrogen-bond donors (Lipinski definition) is 0. The summed E-state index contributed by atoms with van der Waals surface area (Å²) >= 11 is 1.65. The van der Waals surface area contributed by atoms with Crippen LogP contribution in [0.4, 0.5) is 0 Å². The average Bonchev–Trinajstić information content (AvgIpc) is 3.50. The number of hydrogen-bond acceptors (Lipinski definition) is 3. The van der Waals surface area contributed by atoms with Crippen LogP contribution in [-0.4, -0.2) is 33.7 Å². The van der Waals surface area contributed by atoms with Gasteiger partial charge in [-0.25, -0.2) is 4.68 Å². The molecule has 2 aromatic heterocycles.